The Bertz CT molecular complexity index is 341. The monoisotopic (exact) mass is 181 g/mol. The van der Waals surface area contributed by atoms with Gasteiger partial charge in [0.05, 0.1) is 6.04 Å². The van der Waals surface area contributed by atoms with Crippen LogP contribution in [0, 0.1) is 0 Å². The molecule has 0 fully saturated rings. The number of aromatic nitrogens is 2. The summed E-state index contributed by atoms with van der Waals surface area (Å²) in [5.74, 6) is 0.799. The molecule has 4 heteroatoms. The fourth-order valence-corrected chi connectivity index (χ4v) is 1.02. The van der Waals surface area contributed by atoms with E-state index in [2.05, 4.69) is 5.10 Å². The Morgan fingerprint density at radius 1 is 1.38 bits per heavy atom. The highest BCUT2D eigenvalue weighted by molar-refractivity contribution is 5.33. The van der Waals surface area contributed by atoms with Crippen molar-refractivity contribution in [3.8, 4) is 0 Å². The van der Waals surface area contributed by atoms with Gasteiger partial charge in [0.25, 0.3) is 5.56 Å². The maximum atomic E-state index is 11.3. The van der Waals surface area contributed by atoms with Gasteiger partial charge in [-0.3, -0.25) is 4.79 Å². The fourth-order valence-electron chi connectivity index (χ4n) is 1.02. The topological polar surface area (TPSA) is 38.1 Å². The average molecular weight is 181 g/mol. The number of anilines is 1. The van der Waals surface area contributed by atoms with Crippen molar-refractivity contribution < 1.29 is 0 Å². The van der Waals surface area contributed by atoms with E-state index in [4.69, 9.17) is 0 Å². The van der Waals surface area contributed by atoms with Crippen molar-refractivity contribution in [3.05, 3.63) is 22.5 Å². The van der Waals surface area contributed by atoms with E-state index in [1.807, 2.05) is 32.8 Å². The van der Waals surface area contributed by atoms with Crippen LogP contribution in [0.4, 0.5) is 5.82 Å². The second kappa shape index (κ2) is 3.60. The molecule has 0 aliphatic carbocycles. The zero-order valence-electron chi connectivity index (χ0n) is 8.48. The molecular weight excluding hydrogens is 166 g/mol. The van der Waals surface area contributed by atoms with Crippen molar-refractivity contribution >= 4 is 5.82 Å². The Labute approximate surface area is 77.8 Å². The first-order valence-electron chi connectivity index (χ1n) is 4.29. The predicted octanol–water partition coefficient (Wildman–Crippen LogP) is 0.890. The van der Waals surface area contributed by atoms with Crippen LogP contribution < -0.4 is 10.5 Å². The van der Waals surface area contributed by atoms with Gasteiger partial charge in [-0.05, 0) is 19.9 Å². The van der Waals surface area contributed by atoms with Crippen molar-refractivity contribution in [3.63, 3.8) is 0 Å². The molecule has 0 saturated carbocycles. The minimum Gasteiger partial charge on any atom is -0.361 e. The second-order valence-corrected chi connectivity index (χ2v) is 3.46. The lowest BCUT2D eigenvalue weighted by molar-refractivity contribution is 0.503. The molecule has 0 aromatic carbocycles. The molecule has 0 amide bonds. The molecule has 0 unspecified atom stereocenters. The maximum absolute atomic E-state index is 11.3. The van der Waals surface area contributed by atoms with E-state index in [0.29, 0.717) is 0 Å². The number of nitrogens with zero attached hydrogens (tertiary/aromatic N) is 3. The summed E-state index contributed by atoms with van der Waals surface area (Å²) >= 11 is 0. The summed E-state index contributed by atoms with van der Waals surface area (Å²) in [6, 6.07) is 3.37. The summed E-state index contributed by atoms with van der Waals surface area (Å²) in [6.07, 6.45) is 0. The van der Waals surface area contributed by atoms with Gasteiger partial charge in [0.15, 0.2) is 0 Å². The van der Waals surface area contributed by atoms with E-state index in [1.165, 1.54) is 4.68 Å². The number of hydrogen-bond donors (Lipinski definition) is 0. The van der Waals surface area contributed by atoms with Gasteiger partial charge in [-0.2, -0.15) is 5.10 Å². The van der Waals surface area contributed by atoms with Crippen molar-refractivity contribution in [2.75, 3.05) is 19.0 Å². The second-order valence-electron chi connectivity index (χ2n) is 3.46. The van der Waals surface area contributed by atoms with Crippen LogP contribution in [-0.4, -0.2) is 23.9 Å². The molecule has 0 spiro atoms. The van der Waals surface area contributed by atoms with E-state index in [0.717, 1.165) is 5.82 Å². The Morgan fingerprint density at radius 3 is 2.46 bits per heavy atom. The van der Waals surface area contributed by atoms with Gasteiger partial charge in [0, 0.05) is 20.2 Å². The molecule has 0 saturated heterocycles. The van der Waals surface area contributed by atoms with Gasteiger partial charge in [0.2, 0.25) is 0 Å². The summed E-state index contributed by atoms with van der Waals surface area (Å²) in [5, 5.41) is 4.20. The maximum Gasteiger partial charge on any atom is 0.267 e. The minimum atomic E-state index is -0.0550. The summed E-state index contributed by atoms with van der Waals surface area (Å²) in [6.45, 7) is 3.88. The van der Waals surface area contributed by atoms with Crippen molar-refractivity contribution in [2.24, 2.45) is 0 Å². The van der Waals surface area contributed by atoms with Crippen LogP contribution >= 0.6 is 0 Å². The Balaban J connectivity index is 3.19. The molecule has 1 heterocycles. The third-order valence-corrected chi connectivity index (χ3v) is 1.76. The summed E-state index contributed by atoms with van der Waals surface area (Å²) in [5.41, 5.74) is -0.0550. The molecule has 1 aromatic heterocycles. The zero-order chi connectivity index (χ0) is 10.0. The van der Waals surface area contributed by atoms with Gasteiger partial charge >= 0.3 is 0 Å². The van der Waals surface area contributed by atoms with Crippen LogP contribution in [0.15, 0.2) is 16.9 Å². The first-order chi connectivity index (χ1) is 6.02. The van der Waals surface area contributed by atoms with E-state index >= 15 is 0 Å². The SMILES string of the molecule is CC(C)n1nc(N(C)C)ccc1=O. The predicted molar refractivity (Wildman–Crippen MR) is 53.2 cm³/mol. The molecule has 13 heavy (non-hydrogen) atoms. The molecule has 1 aromatic rings. The van der Waals surface area contributed by atoms with Gasteiger partial charge in [-0.1, -0.05) is 0 Å². The lowest BCUT2D eigenvalue weighted by atomic mass is 10.4. The van der Waals surface area contributed by atoms with Crippen LogP contribution in [0.3, 0.4) is 0 Å². The normalized spacial score (nSPS) is 10.5. The standard InChI is InChI=1S/C9H15N3O/c1-7(2)12-9(13)6-5-8(10-12)11(3)4/h5-7H,1-4H3. The Kier molecular flexibility index (Phi) is 2.70. The lowest BCUT2D eigenvalue weighted by Crippen LogP contribution is -2.26. The van der Waals surface area contributed by atoms with Crippen LogP contribution in [0.5, 0.6) is 0 Å². The molecule has 0 atom stereocenters. The first-order valence-corrected chi connectivity index (χ1v) is 4.29. The molecule has 0 aliphatic rings. The van der Waals surface area contributed by atoms with Crippen LogP contribution in [-0.2, 0) is 0 Å². The van der Waals surface area contributed by atoms with E-state index in [9.17, 15) is 4.79 Å². The van der Waals surface area contributed by atoms with Crippen LogP contribution in [0.25, 0.3) is 0 Å². The van der Waals surface area contributed by atoms with Crippen molar-refractivity contribution in [1.82, 2.24) is 9.78 Å². The highest BCUT2D eigenvalue weighted by atomic mass is 16.1. The first kappa shape index (κ1) is 9.77. The average Bonchev–Trinajstić information content (AvgIpc) is 2.04. The Morgan fingerprint density at radius 2 is 2.00 bits per heavy atom. The lowest BCUT2D eigenvalue weighted by Gasteiger charge is -2.14. The third kappa shape index (κ3) is 2.08. The van der Waals surface area contributed by atoms with Gasteiger partial charge in [-0.25, -0.2) is 4.68 Å². The molecule has 0 bridgehead atoms. The highest BCUT2D eigenvalue weighted by Gasteiger charge is 2.04. The highest BCUT2D eigenvalue weighted by Crippen LogP contribution is 2.04. The number of rotatable bonds is 2. The molecule has 4 nitrogen and oxygen atoms in total. The van der Waals surface area contributed by atoms with E-state index in [1.54, 1.807) is 12.1 Å². The van der Waals surface area contributed by atoms with Crippen molar-refractivity contribution in [2.45, 2.75) is 19.9 Å². The minimum absolute atomic E-state index is 0.0550. The van der Waals surface area contributed by atoms with Gasteiger partial charge in [0.1, 0.15) is 5.82 Å². The summed E-state index contributed by atoms with van der Waals surface area (Å²) in [7, 11) is 3.80. The largest absolute Gasteiger partial charge is 0.361 e. The third-order valence-electron chi connectivity index (χ3n) is 1.76. The summed E-state index contributed by atoms with van der Waals surface area (Å²) in [4.78, 5) is 13.2. The molecule has 72 valence electrons. The van der Waals surface area contributed by atoms with E-state index < -0.39 is 0 Å². The summed E-state index contributed by atoms with van der Waals surface area (Å²) < 4.78 is 1.48. The van der Waals surface area contributed by atoms with Crippen molar-refractivity contribution in [1.29, 1.82) is 0 Å². The smallest absolute Gasteiger partial charge is 0.267 e. The molecule has 1 rings (SSSR count). The zero-order valence-corrected chi connectivity index (χ0v) is 8.48. The van der Waals surface area contributed by atoms with Gasteiger partial charge < -0.3 is 4.90 Å². The quantitative estimate of drug-likeness (QED) is 0.680. The Hall–Kier alpha value is -1.32. The van der Waals surface area contributed by atoms with Gasteiger partial charge in [-0.15, -0.1) is 0 Å². The molecule has 0 N–H and O–H groups in total. The van der Waals surface area contributed by atoms with Crippen LogP contribution in [0.2, 0.25) is 0 Å². The fraction of sp³-hybridized carbons (Fsp3) is 0.556. The van der Waals surface area contributed by atoms with Crippen LogP contribution in [0.1, 0.15) is 19.9 Å². The molecule has 0 radical (unpaired) electrons. The number of hydrogen-bond acceptors (Lipinski definition) is 3. The van der Waals surface area contributed by atoms with E-state index in [-0.39, 0.29) is 11.6 Å². The molecular formula is C9H15N3O. The molecule has 0 aliphatic heterocycles.